The minimum Gasteiger partial charge on any atom is -0.831 e. The molecular weight excluding hydrogens is 196 g/mol. The molecule has 0 spiro atoms. The lowest BCUT2D eigenvalue weighted by Crippen LogP contribution is -2.24. The second kappa shape index (κ2) is 4.51. The van der Waals surface area contributed by atoms with E-state index in [-0.39, 0.29) is 6.42 Å². The first kappa shape index (κ1) is 10.3. The smallest absolute Gasteiger partial charge is 0.161 e. The van der Waals surface area contributed by atoms with Gasteiger partial charge in [-0.3, -0.25) is 0 Å². The van der Waals surface area contributed by atoms with Gasteiger partial charge in [-0.1, -0.05) is 6.07 Å². The minimum atomic E-state index is -1.50. The Morgan fingerprint density at radius 3 is 2.73 bits per heavy atom. The molecule has 0 bridgehead atoms. The van der Waals surface area contributed by atoms with Gasteiger partial charge in [0.25, 0.3) is 0 Å². The Hall–Kier alpha value is -1.26. The van der Waals surface area contributed by atoms with E-state index in [2.05, 4.69) is 0 Å². The normalized spacial score (nSPS) is 16.1. The molecule has 82 valence electrons. The summed E-state index contributed by atoms with van der Waals surface area (Å²) in [6, 6.07) is 5.58. The third-order valence-electron chi connectivity index (χ3n) is 2.29. The maximum absolute atomic E-state index is 10.5. The Balaban J connectivity index is 2.07. The fraction of sp³-hybridized carbons (Fsp3) is 0.455. The van der Waals surface area contributed by atoms with Gasteiger partial charge >= 0.3 is 0 Å². The number of hydrogen-bond donors (Lipinski definition) is 1. The van der Waals surface area contributed by atoms with E-state index in [0.29, 0.717) is 19.6 Å². The molecule has 0 radical (unpaired) electrons. The van der Waals surface area contributed by atoms with Crippen LogP contribution in [0.4, 0.5) is 0 Å². The fourth-order valence-corrected chi connectivity index (χ4v) is 1.53. The van der Waals surface area contributed by atoms with Crippen LogP contribution in [-0.2, 0) is 6.42 Å². The Morgan fingerprint density at radius 2 is 2.00 bits per heavy atom. The summed E-state index contributed by atoms with van der Waals surface area (Å²) >= 11 is 0. The van der Waals surface area contributed by atoms with E-state index in [1.54, 1.807) is 0 Å². The molecule has 0 fully saturated rings. The molecule has 1 heterocycles. The molecular formula is C11H13O4-. The van der Waals surface area contributed by atoms with Crippen molar-refractivity contribution in [3.8, 4) is 11.5 Å². The summed E-state index contributed by atoms with van der Waals surface area (Å²) in [5.74, 6) is 1.46. The highest BCUT2D eigenvalue weighted by molar-refractivity contribution is 5.43. The Labute approximate surface area is 88.1 Å². The number of fused-ring (bicyclic) bond motifs is 1. The molecule has 1 aromatic carbocycles. The van der Waals surface area contributed by atoms with Crippen LogP contribution in [0.1, 0.15) is 12.0 Å². The van der Waals surface area contributed by atoms with Crippen LogP contribution in [0.3, 0.4) is 0 Å². The lowest BCUT2D eigenvalue weighted by molar-refractivity contribution is -0.483. The Morgan fingerprint density at radius 1 is 1.27 bits per heavy atom. The summed E-state index contributed by atoms with van der Waals surface area (Å²) in [4.78, 5) is 0. The Kier molecular flexibility index (Phi) is 3.08. The van der Waals surface area contributed by atoms with Gasteiger partial charge < -0.3 is 19.7 Å². The van der Waals surface area contributed by atoms with Crippen molar-refractivity contribution in [1.82, 2.24) is 0 Å². The Bertz CT molecular complexity index is 335. The largest absolute Gasteiger partial charge is 0.831 e. The van der Waals surface area contributed by atoms with Crippen molar-refractivity contribution >= 4 is 0 Å². The van der Waals surface area contributed by atoms with Crippen LogP contribution in [-0.4, -0.2) is 24.6 Å². The van der Waals surface area contributed by atoms with Crippen LogP contribution in [0.25, 0.3) is 0 Å². The molecule has 1 aromatic rings. The standard InChI is InChI=1S/C11H13O4/c12-11(13)4-2-8-1-3-9-10(7-8)15-6-5-14-9/h1,3,7,11-12H,2,4-6H2/q-1. The highest BCUT2D eigenvalue weighted by Crippen LogP contribution is 2.30. The van der Waals surface area contributed by atoms with E-state index in [1.807, 2.05) is 18.2 Å². The number of ether oxygens (including phenoxy) is 2. The molecule has 0 saturated heterocycles. The molecule has 4 heteroatoms. The molecule has 0 aliphatic carbocycles. The van der Waals surface area contributed by atoms with Gasteiger partial charge in [-0.05, 0) is 36.8 Å². The average Bonchev–Trinajstić information content (AvgIpc) is 2.26. The van der Waals surface area contributed by atoms with Crippen molar-refractivity contribution in [1.29, 1.82) is 0 Å². The maximum atomic E-state index is 10.5. The molecule has 15 heavy (non-hydrogen) atoms. The summed E-state index contributed by atoms with van der Waals surface area (Å²) in [6.45, 7) is 1.13. The number of aliphatic hydroxyl groups is 1. The number of benzene rings is 1. The van der Waals surface area contributed by atoms with Crippen LogP contribution in [0.2, 0.25) is 0 Å². The first-order valence-electron chi connectivity index (χ1n) is 4.98. The van der Waals surface area contributed by atoms with Crippen LogP contribution in [0, 0.1) is 0 Å². The van der Waals surface area contributed by atoms with Crippen molar-refractivity contribution in [2.75, 3.05) is 13.2 Å². The average molecular weight is 209 g/mol. The van der Waals surface area contributed by atoms with Gasteiger partial charge in [0.05, 0.1) is 0 Å². The second-order valence-corrected chi connectivity index (χ2v) is 3.47. The van der Waals surface area contributed by atoms with Gasteiger partial charge in [0, 0.05) is 0 Å². The third kappa shape index (κ3) is 2.61. The van der Waals surface area contributed by atoms with Gasteiger partial charge in [0.15, 0.2) is 11.5 Å². The summed E-state index contributed by atoms with van der Waals surface area (Å²) in [5.41, 5.74) is 0.981. The zero-order valence-electron chi connectivity index (χ0n) is 8.31. The van der Waals surface area contributed by atoms with Gasteiger partial charge in [-0.2, -0.15) is 0 Å². The van der Waals surface area contributed by atoms with Gasteiger partial charge in [0.2, 0.25) is 0 Å². The van der Waals surface area contributed by atoms with Crippen molar-refractivity contribution in [2.45, 2.75) is 19.1 Å². The number of rotatable bonds is 3. The predicted molar refractivity (Wildman–Crippen MR) is 51.8 cm³/mol. The predicted octanol–water partition coefficient (Wildman–Crippen LogP) is 0.0691. The molecule has 1 unspecified atom stereocenters. The van der Waals surface area contributed by atoms with Crippen LogP contribution < -0.4 is 14.6 Å². The van der Waals surface area contributed by atoms with Crippen LogP contribution in [0.5, 0.6) is 11.5 Å². The molecule has 1 atom stereocenters. The highest BCUT2D eigenvalue weighted by Gasteiger charge is 2.11. The lowest BCUT2D eigenvalue weighted by Gasteiger charge is -2.19. The maximum Gasteiger partial charge on any atom is 0.161 e. The van der Waals surface area contributed by atoms with E-state index in [4.69, 9.17) is 14.6 Å². The first-order valence-corrected chi connectivity index (χ1v) is 4.98. The van der Waals surface area contributed by atoms with Gasteiger partial charge in [-0.15, -0.1) is 0 Å². The van der Waals surface area contributed by atoms with Crippen molar-refractivity contribution in [3.05, 3.63) is 23.8 Å². The zero-order chi connectivity index (χ0) is 10.7. The first-order chi connectivity index (χ1) is 7.25. The van der Waals surface area contributed by atoms with E-state index in [1.165, 1.54) is 0 Å². The third-order valence-corrected chi connectivity index (χ3v) is 2.29. The van der Waals surface area contributed by atoms with Crippen LogP contribution in [0.15, 0.2) is 18.2 Å². The van der Waals surface area contributed by atoms with Gasteiger partial charge in [0.1, 0.15) is 13.2 Å². The van der Waals surface area contributed by atoms with Gasteiger partial charge in [-0.25, -0.2) is 0 Å². The topological polar surface area (TPSA) is 61.8 Å². The molecule has 2 rings (SSSR count). The fourth-order valence-electron chi connectivity index (χ4n) is 1.53. The molecule has 1 aliphatic heterocycles. The molecule has 0 amide bonds. The molecule has 0 aromatic heterocycles. The second-order valence-electron chi connectivity index (χ2n) is 3.47. The van der Waals surface area contributed by atoms with E-state index < -0.39 is 6.29 Å². The number of hydrogen-bond acceptors (Lipinski definition) is 4. The summed E-state index contributed by atoms with van der Waals surface area (Å²) in [7, 11) is 0. The van der Waals surface area contributed by atoms with Crippen molar-refractivity contribution in [2.24, 2.45) is 0 Å². The monoisotopic (exact) mass is 209 g/mol. The molecule has 1 N–H and O–H groups in total. The van der Waals surface area contributed by atoms with Crippen LogP contribution >= 0.6 is 0 Å². The summed E-state index contributed by atoms with van der Waals surface area (Å²) in [5, 5.41) is 19.1. The minimum absolute atomic E-state index is 0.222. The SMILES string of the molecule is [O-]C(O)CCc1ccc2c(c1)OCCO2. The molecule has 4 nitrogen and oxygen atoms in total. The zero-order valence-corrected chi connectivity index (χ0v) is 8.31. The van der Waals surface area contributed by atoms with E-state index in [0.717, 1.165) is 17.1 Å². The summed E-state index contributed by atoms with van der Waals surface area (Å²) < 4.78 is 10.8. The number of aliphatic hydroxyl groups excluding tert-OH is 1. The number of aryl methyl sites for hydroxylation is 1. The highest BCUT2D eigenvalue weighted by atomic mass is 16.6. The molecule has 1 aliphatic rings. The lowest BCUT2D eigenvalue weighted by atomic mass is 10.1. The summed E-state index contributed by atoms with van der Waals surface area (Å²) in [6.07, 6.45) is -0.723. The molecule has 0 saturated carbocycles. The van der Waals surface area contributed by atoms with Crippen molar-refractivity contribution in [3.63, 3.8) is 0 Å². The quantitative estimate of drug-likeness (QED) is 0.715. The van der Waals surface area contributed by atoms with Crippen molar-refractivity contribution < 1.29 is 19.7 Å². The van der Waals surface area contributed by atoms with E-state index in [9.17, 15) is 5.11 Å². The van der Waals surface area contributed by atoms with E-state index >= 15 is 0 Å².